The highest BCUT2D eigenvalue weighted by Crippen LogP contribution is 2.32. The molecule has 0 amide bonds. The molecule has 0 fully saturated rings. The van der Waals surface area contributed by atoms with Gasteiger partial charge in [-0.1, -0.05) is 143 Å². The zero-order valence-electron chi connectivity index (χ0n) is 21.6. The quantitative estimate of drug-likeness (QED) is 0.125. The Bertz CT molecular complexity index is 931. The van der Waals surface area contributed by atoms with Gasteiger partial charge in [0.2, 0.25) is 0 Å². The molecule has 5 heteroatoms. The Morgan fingerprint density at radius 2 is 1.14 bits per heavy atom. The van der Waals surface area contributed by atoms with Gasteiger partial charge >= 0.3 is 5.97 Å². The molecule has 0 aliphatic rings. The van der Waals surface area contributed by atoms with Crippen molar-refractivity contribution >= 4 is 17.7 Å². The van der Waals surface area contributed by atoms with E-state index in [1.807, 2.05) is 23.9 Å². The number of H-pyrrole nitrogens is 1. The van der Waals surface area contributed by atoms with Crippen LogP contribution in [-0.2, 0) is 4.79 Å². The highest BCUT2D eigenvalue weighted by molar-refractivity contribution is 7.99. The molecule has 0 radical (unpaired) electrons. The van der Waals surface area contributed by atoms with Crippen LogP contribution in [0.4, 0.5) is 0 Å². The van der Waals surface area contributed by atoms with Crippen molar-refractivity contribution in [2.24, 2.45) is 0 Å². The van der Waals surface area contributed by atoms with Crippen LogP contribution in [0.2, 0.25) is 0 Å². The van der Waals surface area contributed by atoms with Crippen LogP contribution in [-0.4, -0.2) is 26.8 Å². The van der Waals surface area contributed by atoms with Crippen molar-refractivity contribution in [3.63, 3.8) is 0 Å². The van der Waals surface area contributed by atoms with E-state index in [1.165, 1.54) is 76.2 Å². The number of benzene rings is 2. The fraction of sp³-hybridized carbons (Fsp3) is 0.484. The van der Waals surface area contributed by atoms with Crippen LogP contribution in [0.1, 0.15) is 89.9 Å². The van der Waals surface area contributed by atoms with E-state index < -0.39 is 5.97 Å². The number of carbonyl (C=O) groups is 1. The number of aromatic nitrogens is 2. The van der Waals surface area contributed by atoms with Crippen molar-refractivity contribution < 1.29 is 9.90 Å². The van der Waals surface area contributed by atoms with Crippen LogP contribution in [0.15, 0.2) is 65.8 Å². The Morgan fingerprint density at radius 1 is 0.667 bits per heavy atom. The summed E-state index contributed by atoms with van der Waals surface area (Å²) in [5.41, 5.74) is 4.45. The second-order valence-corrected chi connectivity index (χ2v) is 10.7. The minimum absolute atomic E-state index is 0.325. The largest absolute Gasteiger partial charge is 0.481 e. The molecule has 1 aromatic heterocycles. The fourth-order valence-electron chi connectivity index (χ4n) is 4.53. The fourth-order valence-corrected chi connectivity index (χ4v) is 5.40. The van der Waals surface area contributed by atoms with Crippen LogP contribution >= 0.6 is 11.8 Å². The van der Waals surface area contributed by atoms with Crippen LogP contribution in [0.5, 0.6) is 0 Å². The zero-order chi connectivity index (χ0) is 25.3. The summed E-state index contributed by atoms with van der Waals surface area (Å²) in [7, 11) is 0. The number of hydrogen-bond donors (Lipinski definition) is 2. The molecule has 0 unspecified atom stereocenters. The van der Waals surface area contributed by atoms with Crippen LogP contribution in [0, 0.1) is 0 Å². The maximum absolute atomic E-state index is 10.5. The highest BCUT2D eigenvalue weighted by atomic mass is 32.2. The normalized spacial score (nSPS) is 11.1. The topological polar surface area (TPSA) is 66.0 Å². The zero-order valence-corrected chi connectivity index (χ0v) is 22.4. The molecular formula is C31H42N2O2S. The SMILES string of the molecule is O=C(O)CCCCCCCCCCCCCCCSc1nc(-c2ccccc2)c(-c2ccccc2)[nH]1. The van der Waals surface area contributed by atoms with E-state index in [0.717, 1.165) is 40.7 Å². The minimum Gasteiger partial charge on any atom is -0.481 e. The van der Waals surface area contributed by atoms with E-state index >= 15 is 0 Å². The van der Waals surface area contributed by atoms with E-state index in [9.17, 15) is 4.79 Å². The molecule has 1 heterocycles. The first-order valence-corrected chi connectivity index (χ1v) is 14.8. The van der Waals surface area contributed by atoms with Gasteiger partial charge < -0.3 is 10.1 Å². The molecule has 0 spiro atoms. The second kappa shape index (κ2) is 17.0. The summed E-state index contributed by atoms with van der Waals surface area (Å²) in [6, 6.07) is 20.9. The van der Waals surface area contributed by atoms with Crippen molar-refractivity contribution in [3.05, 3.63) is 60.7 Å². The van der Waals surface area contributed by atoms with E-state index in [-0.39, 0.29) is 0 Å². The highest BCUT2D eigenvalue weighted by Gasteiger charge is 2.14. The standard InChI is InChI=1S/C31H42N2O2S/c34-28(35)24-18-10-8-6-4-2-1-3-5-7-9-11-19-25-36-31-32-29(26-20-14-12-15-21-26)30(33-31)27-22-16-13-17-23-27/h12-17,20-23H,1-11,18-19,24-25H2,(H,32,33)(H,34,35). The van der Waals surface area contributed by atoms with E-state index in [0.29, 0.717) is 6.42 Å². The van der Waals surface area contributed by atoms with Gasteiger partial charge in [-0.25, -0.2) is 4.98 Å². The molecule has 0 aliphatic heterocycles. The van der Waals surface area contributed by atoms with Gasteiger partial charge in [-0.15, -0.1) is 0 Å². The molecule has 2 N–H and O–H groups in total. The number of thioether (sulfide) groups is 1. The third-order valence-corrected chi connectivity index (χ3v) is 7.53. The summed E-state index contributed by atoms with van der Waals surface area (Å²) >= 11 is 1.83. The molecule has 194 valence electrons. The number of imidazole rings is 1. The van der Waals surface area contributed by atoms with E-state index in [1.54, 1.807) is 0 Å². The summed E-state index contributed by atoms with van der Waals surface area (Å²) in [6.07, 6.45) is 16.5. The average Bonchev–Trinajstić information content (AvgIpc) is 3.33. The average molecular weight is 507 g/mol. The Kier molecular flexibility index (Phi) is 13.3. The van der Waals surface area contributed by atoms with Gasteiger partial charge in [0, 0.05) is 23.3 Å². The molecule has 0 aliphatic carbocycles. The Morgan fingerprint density at radius 3 is 1.67 bits per heavy atom. The van der Waals surface area contributed by atoms with Crippen molar-refractivity contribution in [1.82, 2.24) is 9.97 Å². The maximum Gasteiger partial charge on any atom is 0.303 e. The summed E-state index contributed by atoms with van der Waals surface area (Å²) in [6.45, 7) is 0. The lowest BCUT2D eigenvalue weighted by Crippen LogP contribution is -1.93. The Labute approximate surface area is 221 Å². The number of aromatic amines is 1. The summed E-state index contributed by atoms with van der Waals surface area (Å²) in [4.78, 5) is 19.0. The predicted molar refractivity (Wildman–Crippen MR) is 152 cm³/mol. The number of carboxylic acid groups (broad SMARTS) is 1. The van der Waals surface area contributed by atoms with Gasteiger partial charge in [-0.2, -0.15) is 0 Å². The molecule has 0 saturated carbocycles. The molecule has 0 bridgehead atoms. The maximum atomic E-state index is 10.5. The molecule has 2 aromatic carbocycles. The van der Waals surface area contributed by atoms with E-state index in [2.05, 4.69) is 53.5 Å². The first-order valence-electron chi connectivity index (χ1n) is 13.8. The van der Waals surface area contributed by atoms with Gasteiger partial charge in [-0.05, 0) is 12.8 Å². The Hall–Kier alpha value is -2.53. The van der Waals surface area contributed by atoms with E-state index in [4.69, 9.17) is 10.1 Å². The summed E-state index contributed by atoms with van der Waals surface area (Å²) in [5, 5.41) is 9.65. The molecule has 4 nitrogen and oxygen atoms in total. The van der Waals surface area contributed by atoms with Gasteiger partial charge in [-0.3, -0.25) is 4.79 Å². The van der Waals surface area contributed by atoms with Crippen molar-refractivity contribution in [2.75, 3.05) is 5.75 Å². The third kappa shape index (κ3) is 10.6. The number of nitrogens with zero attached hydrogens (tertiary/aromatic N) is 1. The molecule has 3 aromatic rings. The monoisotopic (exact) mass is 506 g/mol. The van der Waals surface area contributed by atoms with Crippen LogP contribution in [0.25, 0.3) is 22.5 Å². The number of rotatable bonds is 19. The third-order valence-electron chi connectivity index (χ3n) is 6.57. The van der Waals surface area contributed by atoms with Crippen molar-refractivity contribution in [1.29, 1.82) is 0 Å². The van der Waals surface area contributed by atoms with Crippen LogP contribution < -0.4 is 0 Å². The van der Waals surface area contributed by atoms with Gasteiger partial charge in [0.05, 0.1) is 11.4 Å². The lowest BCUT2D eigenvalue weighted by Gasteiger charge is -2.03. The summed E-state index contributed by atoms with van der Waals surface area (Å²) < 4.78 is 0. The Balaban J connectivity index is 1.25. The molecule has 0 atom stereocenters. The number of carboxylic acids is 1. The number of unbranched alkanes of at least 4 members (excludes halogenated alkanes) is 12. The lowest BCUT2D eigenvalue weighted by molar-refractivity contribution is -0.137. The van der Waals surface area contributed by atoms with Gasteiger partial charge in [0.25, 0.3) is 0 Å². The molecule has 36 heavy (non-hydrogen) atoms. The number of aliphatic carboxylic acids is 1. The van der Waals surface area contributed by atoms with Gasteiger partial charge in [0.15, 0.2) is 5.16 Å². The minimum atomic E-state index is -0.666. The summed E-state index contributed by atoms with van der Waals surface area (Å²) in [5.74, 6) is 0.434. The van der Waals surface area contributed by atoms with Crippen LogP contribution in [0.3, 0.4) is 0 Å². The smallest absolute Gasteiger partial charge is 0.303 e. The molecule has 3 rings (SSSR count). The molecular weight excluding hydrogens is 464 g/mol. The second-order valence-electron chi connectivity index (χ2n) is 9.59. The van der Waals surface area contributed by atoms with Crippen molar-refractivity contribution in [2.45, 2.75) is 95.0 Å². The first-order chi connectivity index (χ1) is 17.7. The lowest BCUT2D eigenvalue weighted by atomic mass is 10.0. The first kappa shape index (κ1) is 28.0. The molecule has 0 saturated heterocycles. The predicted octanol–water partition coefficient (Wildman–Crippen LogP) is 9.38. The van der Waals surface area contributed by atoms with Crippen molar-refractivity contribution in [3.8, 4) is 22.5 Å². The number of hydrogen-bond acceptors (Lipinski definition) is 3. The number of nitrogens with one attached hydrogen (secondary N) is 1. The van der Waals surface area contributed by atoms with Gasteiger partial charge in [0.1, 0.15) is 0 Å².